The highest BCUT2D eigenvalue weighted by molar-refractivity contribution is 7.10. The van der Waals surface area contributed by atoms with Crippen LogP contribution in [0.4, 0.5) is 0 Å². The van der Waals surface area contributed by atoms with Crippen molar-refractivity contribution in [1.82, 2.24) is 4.90 Å². The van der Waals surface area contributed by atoms with Crippen molar-refractivity contribution in [3.8, 4) is 11.8 Å². The summed E-state index contributed by atoms with van der Waals surface area (Å²) in [5.74, 6) is 6.59. The van der Waals surface area contributed by atoms with E-state index in [1.54, 1.807) is 0 Å². The van der Waals surface area contributed by atoms with Crippen LogP contribution >= 0.6 is 11.3 Å². The molecule has 0 radical (unpaired) electrons. The van der Waals surface area contributed by atoms with Gasteiger partial charge in [-0.15, -0.1) is 11.3 Å². The quantitative estimate of drug-likeness (QED) is 0.848. The van der Waals surface area contributed by atoms with E-state index in [0.29, 0.717) is 18.5 Å². The van der Waals surface area contributed by atoms with Crippen molar-refractivity contribution >= 4 is 17.2 Å². The van der Waals surface area contributed by atoms with Crippen LogP contribution in [0, 0.1) is 17.8 Å². The molecule has 3 nitrogen and oxygen atoms in total. The Morgan fingerprint density at radius 1 is 1.55 bits per heavy atom. The molecule has 1 aliphatic carbocycles. The molecular weight excluding hydrogens is 268 g/mol. The van der Waals surface area contributed by atoms with Crippen LogP contribution in [-0.4, -0.2) is 29.9 Å². The van der Waals surface area contributed by atoms with Gasteiger partial charge >= 0.3 is 0 Å². The number of nitrogens with two attached hydrogens (primary N) is 1. The average molecular weight is 290 g/mol. The Hall–Kier alpha value is -1.31. The molecular formula is C16H22N2OS. The van der Waals surface area contributed by atoms with Crippen molar-refractivity contribution in [3.05, 3.63) is 21.9 Å². The lowest BCUT2D eigenvalue weighted by atomic mass is 10.1. The lowest BCUT2D eigenvalue weighted by molar-refractivity contribution is 0.0736. The predicted molar refractivity (Wildman–Crippen MR) is 83.8 cm³/mol. The molecule has 4 heteroatoms. The molecule has 0 aliphatic heterocycles. The van der Waals surface area contributed by atoms with Crippen LogP contribution in [0.2, 0.25) is 0 Å². The van der Waals surface area contributed by atoms with Crippen LogP contribution in [0.3, 0.4) is 0 Å². The molecule has 1 aromatic heterocycles. The second-order valence-corrected chi connectivity index (χ2v) is 6.53. The van der Waals surface area contributed by atoms with Gasteiger partial charge in [0.05, 0.1) is 17.0 Å². The van der Waals surface area contributed by atoms with Gasteiger partial charge in [-0.25, -0.2) is 0 Å². The molecule has 1 fully saturated rings. The lowest BCUT2D eigenvalue weighted by Crippen LogP contribution is -2.34. The number of amides is 1. The molecule has 1 amide bonds. The molecule has 0 spiro atoms. The molecule has 0 atom stereocenters. The number of nitrogens with zero attached hydrogens (tertiary/aromatic N) is 1. The van der Waals surface area contributed by atoms with Gasteiger partial charge < -0.3 is 10.6 Å². The maximum Gasteiger partial charge on any atom is 0.254 e. The molecule has 1 aliphatic rings. The third-order valence-electron chi connectivity index (χ3n) is 3.36. The second-order valence-electron chi connectivity index (χ2n) is 5.62. The average Bonchev–Trinajstić information content (AvgIpc) is 3.14. The van der Waals surface area contributed by atoms with Crippen LogP contribution in [0.15, 0.2) is 11.4 Å². The van der Waals surface area contributed by atoms with Gasteiger partial charge in [0.25, 0.3) is 5.91 Å². The van der Waals surface area contributed by atoms with E-state index in [2.05, 4.69) is 25.7 Å². The fourth-order valence-corrected chi connectivity index (χ4v) is 2.80. The van der Waals surface area contributed by atoms with Gasteiger partial charge in [0.2, 0.25) is 0 Å². The van der Waals surface area contributed by atoms with Crippen molar-refractivity contribution in [3.63, 3.8) is 0 Å². The number of carbonyl (C=O) groups excluding carboxylic acids is 1. The topological polar surface area (TPSA) is 46.3 Å². The van der Waals surface area contributed by atoms with E-state index in [9.17, 15) is 4.79 Å². The Kier molecular flexibility index (Phi) is 5.22. The van der Waals surface area contributed by atoms with Gasteiger partial charge in [0, 0.05) is 18.0 Å². The normalized spacial score (nSPS) is 14.0. The largest absolute Gasteiger partial charge is 0.336 e. The second kappa shape index (κ2) is 6.92. The Bertz CT molecular complexity index is 520. The Morgan fingerprint density at radius 3 is 2.90 bits per heavy atom. The SMILES string of the molecule is CC(C)CCN(C(=O)c1csc(C#CCN)c1)C1CC1. The van der Waals surface area contributed by atoms with Crippen LogP contribution in [0.1, 0.15) is 48.3 Å². The van der Waals surface area contributed by atoms with Crippen molar-refractivity contribution in [2.45, 2.75) is 39.2 Å². The first-order valence-electron chi connectivity index (χ1n) is 7.20. The summed E-state index contributed by atoms with van der Waals surface area (Å²) < 4.78 is 0. The summed E-state index contributed by atoms with van der Waals surface area (Å²) in [7, 11) is 0. The zero-order valence-electron chi connectivity index (χ0n) is 12.2. The van der Waals surface area contributed by atoms with Gasteiger partial charge in [-0.2, -0.15) is 0 Å². The number of hydrogen-bond donors (Lipinski definition) is 1. The van der Waals surface area contributed by atoms with Crippen molar-refractivity contribution in [2.24, 2.45) is 11.7 Å². The highest BCUT2D eigenvalue weighted by Crippen LogP contribution is 2.29. The number of thiophene rings is 1. The van der Waals surface area contributed by atoms with Gasteiger partial charge in [-0.3, -0.25) is 4.79 Å². The van der Waals surface area contributed by atoms with E-state index >= 15 is 0 Å². The molecule has 1 aromatic rings. The molecule has 0 aromatic carbocycles. The molecule has 20 heavy (non-hydrogen) atoms. The van der Waals surface area contributed by atoms with E-state index in [1.165, 1.54) is 11.3 Å². The summed E-state index contributed by atoms with van der Waals surface area (Å²) in [5, 5.41) is 1.91. The summed E-state index contributed by atoms with van der Waals surface area (Å²) >= 11 is 1.52. The van der Waals surface area contributed by atoms with Crippen LogP contribution in [-0.2, 0) is 0 Å². The Balaban J connectivity index is 2.05. The summed E-state index contributed by atoms with van der Waals surface area (Å²) in [6, 6.07) is 2.35. The first-order chi connectivity index (χ1) is 9.61. The first-order valence-corrected chi connectivity index (χ1v) is 8.08. The van der Waals surface area contributed by atoms with Crippen molar-refractivity contribution in [1.29, 1.82) is 0 Å². The van der Waals surface area contributed by atoms with Crippen LogP contribution in [0.5, 0.6) is 0 Å². The monoisotopic (exact) mass is 290 g/mol. The third kappa shape index (κ3) is 4.09. The van der Waals surface area contributed by atoms with E-state index < -0.39 is 0 Å². The minimum absolute atomic E-state index is 0.158. The minimum Gasteiger partial charge on any atom is -0.336 e. The highest BCUT2D eigenvalue weighted by Gasteiger charge is 2.33. The highest BCUT2D eigenvalue weighted by atomic mass is 32.1. The molecule has 1 heterocycles. The third-order valence-corrected chi connectivity index (χ3v) is 4.20. The Morgan fingerprint density at radius 2 is 2.30 bits per heavy atom. The number of carbonyl (C=O) groups is 1. The van der Waals surface area contributed by atoms with Crippen molar-refractivity contribution < 1.29 is 4.79 Å². The van der Waals surface area contributed by atoms with Gasteiger partial charge in [-0.1, -0.05) is 25.7 Å². The fourth-order valence-electron chi connectivity index (χ4n) is 2.05. The Labute approximate surface area is 125 Å². The van der Waals surface area contributed by atoms with E-state index in [1.807, 2.05) is 16.3 Å². The minimum atomic E-state index is 0.158. The first kappa shape index (κ1) is 15.1. The van der Waals surface area contributed by atoms with Crippen molar-refractivity contribution in [2.75, 3.05) is 13.1 Å². The summed E-state index contributed by atoms with van der Waals surface area (Å²) in [4.78, 5) is 15.5. The van der Waals surface area contributed by atoms with Gasteiger partial charge in [0.1, 0.15) is 0 Å². The number of hydrogen-bond acceptors (Lipinski definition) is 3. The van der Waals surface area contributed by atoms with Crippen LogP contribution in [0.25, 0.3) is 0 Å². The van der Waals surface area contributed by atoms with E-state index in [-0.39, 0.29) is 5.91 Å². The van der Waals surface area contributed by atoms with Crippen LogP contribution < -0.4 is 5.73 Å². The molecule has 2 N–H and O–H groups in total. The van der Waals surface area contributed by atoms with E-state index in [4.69, 9.17) is 5.73 Å². The molecule has 0 unspecified atom stereocenters. The number of rotatable bonds is 5. The van der Waals surface area contributed by atoms with Gasteiger partial charge in [-0.05, 0) is 31.2 Å². The fraction of sp³-hybridized carbons (Fsp3) is 0.562. The molecule has 1 saturated carbocycles. The zero-order chi connectivity index (χ0) is 14.5. The predicted octanol–water partition coefficient (Wildman–Crippen LogP) is 2.71. The maximum atomic E-state index is 12.6. The lowest BCUT2D eigenvalue weighted by Gasteiger charge is -2.22. The molecule has 2 rings (SSSR count). The van der Waals surface area contributed by atoms with Gasteiger partial charge in [0.15, 0.2) is 0 Å². The molecule has 108 valence electrons. The smallest absolute Gasteiger partial charge is 0.254 e. The van der Waals surface area contributed by atoms with E-state index in [0.717, 1.165) is 36.2 Å². The summed E-state index contributed by atoms with van der Waals surface area (Å²) in [6.07, 6.45) is 3.35. The molecule has 0 bridgehead atoms. The summed E-state index contributed by atoms with van der Waals surface area (Å²) in [5.41, 5.74) is 6.13. The summed E-state index contributed by atoms with van der Waals surface area (Å²) in [6.45, 7) is 5.60. The molecule has 0 saturated heterocycles. The maximum absolute atomic E-state index is 12.6. The standard InChI is InChI=1S/C16H22N2OS/c1-12(2)7-9-18(14-5-6-14)16(19)13-10-15(20-11-13)4-3-8-17/h10-12,14H,5-9,17H2,1-2H3. The zero-order valence-corrected chi connectivity index (χ0v) is 13.0.